The second-order valence-corrected chi connectivity index (χ2v) is 11.5. The first kappa shape index (κ1) is 32.3. The van der Waals surface area contributed by atoms with Crippen molar-refractivity contribution in [2.75, 3.05) is 20.3 Å². The van der Waals surface area contributed by atoms with Crippen molar-refractivity contribution in [2.45, 2.75) is 62.6 Å². The summed E-state index contributed by atoms with van der Waals surface area (Å²) in [7, 11) is 1.62. The smallest absolute Gasteiger partial charge is 0.347 e. The normalized spacial score (nSPS) is 23.7. The molecule has 0 aliphatic carbocycles. The van der Waals surface area contributed by atoms with Crippen molar-refractivity contribution in [3.05, 3.63) is 129 Å². The van der Waals surface area contributed by atoms with Crippen LogP contribution in [0.2, 0.25) is 0 Å². The van der Waals surface area contributed by atoms with Gasteiger partial charge in [0.2, 0.25) is 0 Å². The summed E-state index contributed by atoms with van der Waals surface area (Å²) in [5.74, 6) is -0.870. The van der Waals surface area contributed by atoms with E-state index in [0.29, 0.717) is 5.75 Å². The third kappa shape index (κ3) is 6.50. The highest BCUT2D eigenvalue weighted by Gasteiger charge is 2.58. The molecule has 0 saturated carbocycles. The van der Waals surface area contributed by atoms with Crippen molar-refractivity contribution in [1.29, 1.82) is 0 Å². The fraction of sp³-hybridized carbons (Fsp3) is 0.371. The Hall–Kier alpha value is -4.62. The van der Waals surface area contributed by atoms with E-state index in [0.717, 1.165) is 27.6 Å². The Kier molecular flexibility index (Phi) is 9.37. The quantitative estimate of drug-likeness (QED) is 0.180. The van der Waals surface area contributed by atoms with Crippen LogP contribution < -0.4 is 16.0 Å². The van der Waals surface area contributed by atoms with E-state index in [1.54, 1.807) is 21.0 Å². The molecule has 6 rings (SSSR count). The van der Waals surface area contributed by atoms with Gasteiger partial charge in [-0.15, -0.1) is 0 Å². The third-order valence-corrected chi connectivity index (χ3v) is 8.44. The zero-order valence-electron chi connectivity index (χ0n) is 26.4. The highest BCUT2D eigenvalue weighted by molar-refractivity contribution is 5.69. The van der Waals surface area contributed by atoms with E-state index in [4.69, 9.17) is 28.4 Å². The summed E-state index contributed by atoms with van der Waals surface area (Å²) in [6, 6.07) is 27.4. The Morgan fingerprint density at radius 1 is 0.936 bits per heavy atom. The Labute approximate surface area is 271 Å². The van der Waals surface area contributed by atoms with Crippen LogP contribution in [0.5, 0.6) is 5.75 Å². The van der Waals surface area contributed by atoms with Crippen LogP contribution in [0.1, 0.15) is 49.6 Å². The zero-order valence-corrected chi connectivity index (χ0v) is 26.4. The maximum Gasteiger partial charge on any atom is 0.347 e. The number of hydrogen-bond donors (Lipinski definition) is 1. The molecule has 2 aliphatic rings. The first-order valence-corrected chi connectivity index (χ1v) is 15.5. The van der Waals surface area contributed by atoms with Crippen molar-refractivity contribution >= 4 is 5.97 Å². The Balaban J connectivity index is 1.38. The number of benzene rings is 3. The number of nitrogens with zero attached hydrogens (tertiary/aromatic N) is 2. The van der Waals surface area contributed by atoms with E-state index in [9.17, 15) is 14.4 Å². The molecule has 2 aliphatic heterocycles. The van der Waals surface area contributed by atoms with Gasteiger partial charge < -0.3 is 28.4 Å². The van der Waals surface area contributed by atoms with Crippen molar-refractivity contribution in [3.8, 4) is 5.75 Å². The highest BCUT2D eigenvalue weighted by atomic mass is 16.8. The lowest BCUT2D eigenvalue weighted by Crippen LogP contribution is -2.40. The average Bonchev–Trinajstić information content (AvgIpc) is 3.60. The van der Waals surface area contributed by atoms with Gasteiger partial charge in [-0.2, -0.15) is 9.78 Å². The van der Waals surface area contributed by atoms with Gasteiger partial charge in [-0.1, -0.05) is 72.8 Å². The maximum absolute atomic E-state index is 12.9. The van der Waals surface area contributed by atoms with Gasteiger partial charge >= 0.3 is 11.7 Å². The lowest BCUT2D eigenvalue weighted by molar-refractivity contribution is -0.220. The lowest BCUT2D eigenvalue weighted by Gasteiger charge is -2.37. The first-order valence-electron chi connectivity index (χ1n) is 15.5. The molecule has 1 aromatic heterocycles. The topological polar surface area (TPSA) is 140 Å². The van der Waals surface area contributed by atoms with E-state index in [1.807, 2.05) is 84.9 Å². The fourth-order valence-electron chi connectivity index (χ4n) is 6.26. The molecule has 5 atom stereocenters. The van der Waals surface area contributed by atoms with E-state index >= 15 is 0 Å². The van der Waals surface area contributed by atoms with Crippen molar-refractivity contribution in [2.24, 2.45) is 0 Å². The predicted molar refractivity (Wildman–Crippen MR) is 169 cm³/mol. The highest BCUT2D eigenvalue weighted by Crippen LogP contribution is 2.46. The van der Waals surface area contributed by atoms with Crippen LogP contribution in [0.3, 0.4) is 0 Å². The first-order chi connectivity index (χ1) is 22.8. The van der Waals surface area contributed by atoms with E-state index in [-0.39, 0.29) is 32.0 Å². The van der Waals surface area contributed by atoms with Gasteiger partial charge in [0.05, 0.1) is 26.7 Å². The predicted octanol–water partition coefficient (Wildman–Crippen LogP) is 3.69. The summed E-state index contributed by atoms with van der Waals surface area (Å²) in [5.41, 5.74) is 0.119. The van der Waals surface area contributed by atoms with Crippen LogP contribution in [-0.2, 0) is 34.1 Å². The zero-order chi connectivity index (χ0) is 33.0. The van der Waals surface area contributed by atoms with Gasteiger partial charge in [0.25, 0.3) is 5.56 Å². The summed E-state index contributed by atoms with van der Waals surface area (Å²) in [4.78, 5) is 39.1. The van der Waals surface area contributed by atoms with Gasteiger partial charge in [-0.25, -0.2) is 4.79 Å². The summed E-state index contributed by atoms with van der Waals surface area (Å²) < 4.78 is 37.9. The van der Waals surface area contributed by atoms with Gasteiger partial charge in [-0.05, 0) is 42.7 Å². The molecule has 4 aromatic rings. The molecule has 3 aromatic carbocycles. The molecule has 0 amide bonds. The third-order valence-electron chi connectivity index (χ3n) is 8.44. The van der Waals surface area contributed by atoms with E-state index < -0.39 is 47.2 Å². The molecule has 246 valence electrons. The Morgan fingerprint density at radius 2 is 1.55 bits per heavy atom. The number of rotatable bonds is 12. The number of esters is 1. The van der Waals surface area contributed by atoms with Crippen LogP contribution in [0, 0.1) is 0 Å². The number of carbonyl (C=O) groups excluding carboxylic acids is 1. The largest absolute Gasteiger partial charge is 0.497 e. The molecule has 0 radical (unpaired) electrons. The number of nitrogens with one attached hydrogen (secondary N) is 1. The van der Waals surface area contributed by atoms with Crippen LogP contribution >= 0.6 is 0 Å². The number of hydrogen-bond acceptors (Lipinski definition) is 10. The van der Waals surface area contributed by atoms with E-state index in [2.05, 4.69) is 10.1 Å². The molecule has 2 fully saturated rings. The van der Waals surface area contributed by atoms with Crippen LogP contribution in [0.15, 0.2) is 101 Å². The molecule has 1 N–H and O–H groups in total. The second kappa shape index (κ2) is 13.6. The number of H-pyrrole nitrogens is 1. The number of ether oxygens (including phenoxy) is 6. The fourth-order valence-corrected chi connectivity index (χ4v) is 6.26. The summed E-state index contributed by atoms with van der Waals surface area (Å²) >= 11 is 0. The number of methoxy groups -OCH3 is 1. The minimum atomic E-state index is -1.19. The monoisotopic (exact) mass is 643 g/mol. The number of carbonyl (C=O) groups is 1. The second-order valence-electron chi connectivity index (χ2n) is 11.5. The van der Waals surface area contributed by atoms with Crippen LogP contribution in [-0.4, -0.2) is 65.2 Å². The van der Waals surface area contributed by atoms with Crippen molar-refractivity contribution in [3.63, 3.8) is 0 Å². The molecular formula is C35H37N3O9. The average molecular weight is 644 g/mol. The molecule has 12 heteroatoms. The summed E-state index contributed by atoms with van der Waals surface area (Å²) in [6.07, 6.45) is -2.05. The molecular weight excluding hydrogens is 606 g/mol. The lowest BCUT2D eigenvalue weighted by atomic mass is 9.80. The molecule has 12 nitrogen and oxygen atoms in total. The molecule has 0 bridgehead atoms. The van der Waals surface area contributed by atoms with Crippen molar-refractivity contribution in [1.82, 2.24) is 14.8 Å². The summed E-state index contributed by atoms with van der Waals surface area (Å²) in [5, 5.41) is 4.04. The number of aromatic amines is 1. The van der Waals surface area contributed by atoms with Gasteiger partial charge in [0.1, 0.15) is 35.9 Å². The standard InChI is InChI=1S/C35H37N3O9/c1-4-43-29(40)19-20-34(2)46-30-27(45-32(31(30)47-34)38-33(41)37-28(39)21-36-38)22-44-35(23-11-7-5-8-12-23,24-13-9-6-10-14-24)25-15-17-26(42-3)18-16-25/h5-18,21,27,30-32H,4,19-20,22H2,1-3H3,(H,37,39,41)/t27-,30?,31+,32-,34-/m1/s1. The minimum absolute atomic E-state index is 0.00288. The van der Waals surface area contributed by atoms with Gasteiger partial charge in [0.15, 0.2) is 12.0 Å². The van der Waals surface area contributed by atoms with Crippen LogP contribution in [0.25, 0.3) is 0 Å². The van der Waals surface area contributed by atoms with Crippen LogP contribution in [0.4, 0.5) is 0 Å². The number of aromatic nitrogens is 3. The molecule has 2 saturated heterocycles. The Morgan fingerprint density at radius 3 is 2.15 bits per heavy atom. The SMILES string of the molecule is CCOC(=O)CC[C@]1(C)OC2[C@@H](COC(c3ccccc3)(c3ccccc3)c3ccc(OC)cc3)O[C@@H](n3ncc(=O)[nH]c3=O)[C@H]2O1. The van der Waals surface area contributed by atoms with Crippen molar-refractivity contribution < 1.29 is 33.2 Å². The van der Waals surface area contributed by atoms with Gasteiger partial charge in [0, 0.05) is 6.42 Å². The molecule has 0 spiro atoms. The molecule has 1 unspecified atom stereocenters. The molecule has 3 heterocycles. The molecule has 47 heavy (non-hydrogen) atoms. The van der Waals surface area contributed by atoms with Gasteiger partial charge in [-0.3, -0.25) is 14.6 Å². The Bertz CT molecular complexity index is 1740. The minimum Gasteiger partial charge on any atom is -0.497 e. The maximum atomic E-state index is 12.9. The summed E-state index contributed by atoms with van der Waals surface area (Å²) in [6.45, 7) is 3.74. The van der Waals surface area contributed by atoms with E-state index in [1.165, 1.54) is 0 Å². The number of fused-ring (bicyclic) bond motifs is 1.